The minimum atomic E-state index is 0.336. The van der Waals surface area contributed by atoms with Crippen molar-refractivity contribution in [1.29, 1.82) is 0 Å². The lowest BCUT2D eigenvalue weighted by molar-refractivity contribution is -0.142. The lowest BCUT2D eigenvalue weighted by Crippen LogP contribution is -2.42. The van der Waals surface area contributed by atoms with Crippen LogP contribution in [0.25, 0.3) is 0 Å². The van der Waals surface area contributed by atoms with Crippen molar-refractivity contribution in [2.45, 2.75) is 59.5 Å². The first-order valence-electron chi connectivity index (χ1n) is 7.61. The third kappa shape index (κ3) is 4.82. The van der Waals surface area contributed by atoms with E-state index < -0.39 is 0 Å². The van der Waals surface area contributed by atoms with Gasteiger partial charge < -0.3 is 9.47 Å². The molecule has 2 heteroatoms. The summed E-state index contributed by atoms with van der Waals surface area (Å²) in [6.07, 6.45) is 5.08. The van der Waals surface area contributed by atoms with Crippen molar-refractivity contribution in [2.24, 2.45) is 23.7 Å². The second-order valence-corrected chi connectivity index (χ2v) is 6.13. The SMILES string of the molecule is CC#CCC[C@@H]1[C@H](OCOC)[C@H](C(C)C)CC[C@H]1C. The summed E-state index contributed by atoms with van der Waals surface area (Å²) in [5, 5.41) is 0. The molecular weight excluding hydrogens is 236 g/mol. The van der Waals surface area contributed by atoms with Crippen LogP contribution in [-0.2, 0) is 9.47 Å². The average Bonchev–Trinajstić information content (AvgIpc) is 2.38. The highest BCUT2D eigenvalue weighted by molar-refractivity contribution is 4.97. The van der Waals surface area contributed by atoms with Gasteiger partial charge in [-0.3, -0.25) is 0 Å². The van der Waals surface area contributed by atoms with E-state index in [-0.39, 0.29) is 0 Å². The fourth-order valence-electron chi connectivity index (χ4n) is 3.39. The van der Waals surface area contributed by atoms with Crippen LogP contribution in [0, 0.1) is 35.5 Å². The molecule has 4 atom stereocenters. The molecule has 1 saturated carbocycles. The second-order valence-electron chi connectivity index (χ2n) is 6.13. The molecule has 0 amide bonds. The van der Waals surface area contributed by atoms with Gasteiger partial charge in [-0.15, -0.1) is 11.8 Å². The molecule has 0 N–H and O–H groups in total. The Morgan fingerprint density at radius 3 is 2.58 bits per heavy atom. The summed E-state index contributed by atoms with van der Waals surface area (Å²) in [6, 6.07) is 0. The number of hydrogen-bond acceptors (Lipinski definition) is 2. The van der Waals surface area contributed by atoms with Crippen LogP contribution in [0.4, 0.5) is 0 Å². The van der Waals surface area contributed by atoms with E-state index in [0.29, 0.717) is 30.7 Å². The Morgan fingerprint density at radius 1 is 1.26 bits per heavy atom. The predicted octanol–water partition coefficient (Wildman–Crippen LogP) is 4.10. The normalized spacial score (nSPS) is 31.1. The molecule has 0 spiro atoms. The standard InChI is InChI=1S/C17H30O2/c1-6-7-8-9-16-14(4)10-11-15(13(2)3)17(16)19-12-18-5/h13-17H,8-12H2,1-5H3/t14-,15+,16+,17-/m1/s1. The van der Waals surface area contributed by atoms with Crippen molar-refractivity contribution in [3.8, 4) is 11.8 Å². The van der Waals surface area contributed by atoms with Gasteiger partial charge in [0.15, 0.2) is 0 Å². The first-order chi connectivity index (χ1) is 9.11. The van der Waals surface area contributed by atoms with Gasteiger partial charge in [-0.05, 0) is 49.9 Å². The number of rotatable bonds is 6. The lowest BCUT2D eigenvalue weighted by Gasteiger charge is -2.43. The number of ether oxygens (including phenoxy) is 2. The van der Waals surface area contributed by atoms with E-state index >= 15 is 0 Å². The Balaban J connectivity index is 2.73. The van der Waals surface area contributed by atoms with Crippen molar-refractivity contribution >= 4 is 0 Å². The average molecular weight is 266 g/mol. The van der Waals surface area contributed by atoms with E-state index in [4.69, 9.17) is 9.47 Å². The Kier molecular flexibility index (Phi) is 7.49. The van der Waals surface area contributed by atoms with E-state index in [2.05, 4.69) is 32.6 Å². The molecule has 0 unspecified atom stereocenters. The first-order valence-corrected chi connectivity index (χ1v) is 7.61. The molecule has 110 valence electrons. The molecule has 19 heavy (non-hydrogen) atoms. The van der Waals surface area contributed by atoms with Gasteiger partial charge in [-0.1, -0.05) is 20.8 Å². The highest BCUT2D eigenvalue weighted by atomic mass is 16.7. The Labute approximate surface area is 119 Å². The quantitative estimate of drug-likeness (QED) is 0.532. The van der Waals surface area contributed by atoms with E-state index in [1.54, 1.807) is 7.11 Å². The zero-order valence-corrected chi connectivity index (χ0v) is 13.2. The van der Waals surface area contributed by atoms with Gasteiger partial charge in [0.05, 0.1) is 6.10 Å². The fraction of sp³-hybridized carbons (Fsp3) is 0.882. The molecule has 0 aromatic rings. The third-order valence-corrected chi connectivity index (χ3v) is 4.54. The molecule has 1 fully saturated rings. The third-order valence-electron chi connectivity index (χ3n) is 4.54. The van der Waals surface area contributed by atoms with Crippen molar-refractivity contribution in [3.63, 3.8) is 0 Å². The van der Waals surface area contributed by atoms with Crippen LogP contribution in [0.2, 0.25) is 0 Å². The van der Waals surface area contributed by atoms with Gasteiger partial charge in [0.1, 0.15) is 6.79 Å². The van der Waals surface area contributed by atoms with Crippen LogP contribution < -0.4 is 0 Å². The maximum absolute atomic E-state index is 6.05. The van der Waals surface area contributed by atoms with Gasteiger partial charge in [0.2, 0.25) is 0 Å². The van der Waals surface area contributed by atoms with Gasteiger partial charge in [-0.2, -0.15) is 0 Å². The van der Waals surface area contributed by atoms with Crippen LogP contribution >= 0.6 is 0 Å². The summed E-state index contributed by atoms with van der Waals surface area (Å²) in [4.78, 5) is 0. The summed E-state index contributed by atoms with van der Waals surface area (Å²) in [7, 11) is 1.70. The summed E-state index contributed by atoms with van der Waals surface area (Å²) in [5.74, 6) is 8.89. The molecule has 2 nitrogen and oxygen atoms in total. The molecule has 0 aliphatic heterocycles. The summed E-state index contributed by atoms with van der Waals surface area (Å²) in [6.45, 7) is 9.32. The minimum absolute atomic E-state index is 0.336. The van der Waals surface area contributed by atoms with Gasteiger partial charge >= 0.3 is 0 Å². The van der Waals surface area contributed by atoms with Crippen molar-refractivity contribution in [2.75, 3.05) is 13.9 Å². The van der Waals surface area contributed by atoms with Crippen molar-refractivity contribution < 1.29 is 9.47 Å². The predicted molar refractivity (Wildman–Crippen MR) is 79.6 cm³/mol. The molecule has 0 aromatic heterocycles. The van der Waals surface area contributed by atoms with Crippen LogP contribution in [0.5, 0.6) is 0 Å². The Hall–Kier alpha value is -0.520. The monoisotopic (exact) mass is 266 g/mol. The van der Waals surface area contributed by atoms with E-state index in [0.717, 1.165) is 18.8 Å². The van der Waals surface area contributed by atoms with Crippen LogP contribution in [0.1, 0.15) is 53.4 Å². The van der Waals surface area contributed by atoms with Crippen LogP contribution in [0.15, 0.2) is 0 Å². The Bertz CT molecular complexity index is 300. The second kappa shape index (κ2) is 8.61. The molecule has 0 aromatic carbocycles. The summed E-state index contributed by atoms with van der Waals surface area (Å²) >= 11 is 0. The van der Waals surface area contributed by atoms with E-state index in [9.17, 15) is 0 Å². The van der Waals surface area contributed by atoms with Crippen LogP contribution in [0.3, 0.4) is 0 Å². The van der Waals surface area contributed by atoms with Gasteiger partial charge in [0, 0.05) is 13.5 Å². The smallest absolute Gasteiger partial charge is 0.146 e. The topological polar surface area (TPSA) is 18.5 Å². The lowest BCUT2D eigenvalue weighted by atomic mass is 9.67. The summed E-state index contributed by atoms with van der Waals surface area (Å²) in [5.41, 5.74) is 0. The fourth-order valence-corrected chi connectivity index (χ4v) is 3.39. The summed E-state index contributed by atoms with van der Waals surface area (Å²) < 4.78 is 11.2. The largest absolute Gasteiger partial charge is 0.359 e. The molecule has 0 saturated heterocycles. The molecule has 1 aliphatic rings. The maximum Gasteiger partial charge on any atom is 0.146 e. The highest BCUT2D eigenvalue weighted by Crippen LogP contribution is 2.41. The van der Waals surface area contributed by atoms with Gasteiger partial charge in [0.25, 0.3) is 0 Å². The molecule has 1 rings (SSSR count). The zero-order chi connectivity index (χ0) is 14.3. The van der Waals surface area contributed by atoms with Gasteiger partial charge in [-0.25, -0.2) is 0 Å². The van der Waals surface area contributed by atoms with E-state index in [1.807, 2.05) is 6.92 Å². The van der Waals surface area contributed by atoms with Crippen molar-refractivity contribution in [1.82, 2.24) is 0 Å². The molecule has 0 radical (unpaired) electrons. The molecule has 1 aliphatic carbocycles. The Morgan fingerprint density at radius 2 is 2.00 bits per heavy atom. The number of hydrogen-bond donors (Lipinski definition) is 0. The molecular formula is C17H30O2. The zero-order valence-electron chi connectivity index (χ0n) is 13.2. The van der Waals surface area contributed by atoms with Crippen molar-refractivity contribution in [3.05, 3.63) is 0 Å². The minimum Gasteiger partial charge on any atom is -0.359 e. The maximum atomic E-state index is 6.05. The van der Waals surface area contributed by atoms with Crippen LogP contribution in [-0.4, -0.2) is 20.0 Å². The first kappa shape index (κ1) is 16.5. The molecule has 0 heterocycles. The highest BCUT2D eigenvalue weighted by Gasteiger charge is 2.39. The van der Waals surface area contributed by atoms with E-state index in [1.165, 1.54) is 12.8 Å². The molecule has 0 bridgehead atoms. The number of methoxy groups -OCH3 is 1.